The molecule has 2 heterocycles. The summed E-state index contributed by atoms with van der Waals surface area (Å²) in [5.41, 5.74) is 0.490. The number of ether oxygens (including phenoxy) is 4. The van der Waals surface area contributed by atoms with E-state index in [2.05, 4.69) is 10.0 Å². The molecule has 33 heavy (non-hydrogen) atoms. The van der Waals surface area contributed by atoms with Crippen LogP contribution in [0.4, 0.5) is 5.69 Å². The van der Waals surface area contributed by atoms with E-state index < -0.39 is 22.0 Å². The van der Waals surface area contributed by atoms with Gasteiger partial charge in [-0.25, -0.2) is 8.42 Å². The first kappa shape index (κ1) is 23.2. The molecule has 0 aromatic heterocycles. The molecule has 0 fully saturated rings. The van der Waals surface area contributed by atoms with Crippen molar-refractivity contribution >= 4 is 21.6 Å². The molecule has 0 aliphatic carbocycles. The molecule has 1 unspecified atom stereocenters. The summed E-state index contributed by atoms with van der Waals surface area (Å²) < 4.78 is 51.1. The van der Waals surface area contributed by atoms with Crippen LogP contribution in [0, 0.1) is 5.92 Å². The van der Waals surface area contributed by atoms with Crippen molar-refractivity contribution in [2.75, 3.05) is 31.7 Å². The molecule has 2 aliphatic rings. The second kappa shape index (κ2) is 9.88. The van der Waals surface area contributed by atoms with Gasteiger partial charge >= 0.3 is 0 Å². The Kier molecular flexibility index (Phi) is 6.94. The molecule has 2 aliphatic heterocycles. The number of anilines is 1. The summed E-state index contributed by atoms with van der Waals surface area (Å²) in [6.07, 6.45) is 1.48. The zero-order valence-corrected chi connectivity index (χ0v) is 19.4. The molecular formula is C23H28N2O7S. The second-order valence-electron chi connectivity index (χ2n) is 8.20. The van der Waals surface area contributed by atoms with Crippen molar-refractivity contribution in [3.8, 4) is 23.0 Å². The van der Waals surface area contributed by atoms with Crippen molar-refractivity contribution < 1.29 is 32.2 Å². The number of sulfonamides is 1. The van der Waals surface area contributed by atoms with Gasteiger partial charge in [0.1, 0.15) is 6.04 Å². The van der Waals surface area contributed by atoms with Crippen LogP contribution in [0.25, 0.3) is 0 Å². The Morgan fingerprint density at radius 1 is 0.818 bits per heavy atom. The number of carbonyl (C=O) groups excluding carboxylic acids is 1. The number of hydrogen-bond donors (Lipinski definition) is 2. The van der Waals surface area contributed by atoms with Gasteiger partial charge in [-0.05, 0) is 30.2 Å². The molecule has 2 aromatic carbocycles. The Bertz CT molecular complexity index is 1120. The molecule has 1 atom stereocenters. The summed E-state index contributed by atoms with van der Waals surface area (Å²) in [4.78, 5) is 13.0. The molecule has 0 spiro atoms. The predicted octanol–water partition coefficient (Wildman–Crippen LogP) is 2.95. The lowest BCUT2D eigenvalue weighted by Crippen LogP contribution is -2.47. The quantitative estimate of drug-likeness (QED) is 0.659. The van der Waals surface area contributed by atoms with Gasteiger partial charge in [-0.2, -0.15) is 4.72 Å². The number of nitrogens with one attached hydrogen (secondary N) is 2. The van der Waals surface area contributed by atoms with Crippen LogP contribution in [0.3, 0.4) is 0 Å². The Balaban J connectivity index is 1.51. The van der Waals surface area contributed by atoms with Gasteiger partial charge in [-0.3, -0.25) is 4.79 Å². The molecule has 2 aromatic rings. The number of amides is 1. The molecule has 0 radical (unpaired) electrons. The minimum Gasteiger partial charge on any atom is -0.490 e. The molecule has 0 saturated carbocycles. The summed E-state index contributed by atoms with van der Waals surface area (Å²) in [5, 5.41) is 2.78. The van der Waals surface area contributed by atoms with Crippen molar-refractivity contribution in [2.45, 2.75) is 37.6 Å². The summed E-state index contributed by atoms with van der Waals surface area (Å²) in [6.45, 7) is 5.58. The van der Waals surface area contributed by atoms with Gasteiger partial charge in [0.15, 0.2) is 23.0 Å². The first-order chi connectivity index (χ1) is 15.8. The van der Waals surface area contributed by atoms with Crippen LogP contribution in [0.2, 0.25) is 0 Å². The molecule has 1 amide bonds. The highest BCUT2D eigenvalue weighted by molar-refractivity contribution is 7.89. The molecule has 178 valence electrons. The minimum atomic E-state index is -4.00. The highest BCUT2D eigenvalue weighted by Crippen LogP contribution is 2.33. The van der Waals surface area contributed by atoms with Crippen molar-refractivity contribution in [2.24, 2.45) is 5.92 Å². The number of fused-ring (bicyclic) bond motifs is 2. The minimum absolute atomic E-state index is 0.000722. The van der Waals surface area contributed by atoms with Crippen LogP contribution in [0.1, 0.15) is 26.7 Å². The van der Waals surface area contributed by atoms with Gasteiger partial charge < -0.3 is 24.3 Å². The van der Waals surface area contributed by atoms with Crippen molar-refractivity contribution in [1.29, 1.82) is 0 Å². The molecule has 4 rings (SSSR count). The van der Waals surface area contributed by atoms with Gasteiger partial charge in [0.05, 0.1) is 31.3 Å². The highest BCUT2D eigenvalue weighted by Gasteiger charge is 2.29. The van der Waals surface area contributed by atoms with Crippen LogP contribution in [0.5, 0.6) is 23.0 Å². The fourth-order valence-corrected chi connectivity index (χ4v) is 4.86. The normalized spacial score (nSPS) is 16.5. The fourth-order valence-electron chi connectivity index (χ4n) is 3.50. The predicted molar refractivity (Wildman–Crippen MR) is 122 cm³/mol. The van der Waals surface area contributed by atoms with E-state index in [0.717, 1.165) is 6.42 Å². The third-order valence-corrected chi connectivity index (χ3v) is 6.71. The number of hydrogen-bond acceptors (Lipinski definition) is 7. The molecular weight excluding hydrogens is 448 g/mol. The van der Waals surface area contributed by atoms with E-state index in [-0.39, 0.29) is 10.8 Å². The van der Waals surface area contributed by atoms with Crippen molar-refractivity contribution in [1.82, 2.24) is 4.72 Å². The third-order valence-electron chi connectivity index (χ3n) is 5.28. The highest BCUT2D eigenvalue weighted by atomic mass is 32.2. The lowest BCUT2D eigenvalue weighted by molar-refractivity contribution is -0.118. The lowest BCUT2D eigenvalue weighted by atomic mass is 10.0. The Morgan fingerprint density at radius 2 is 1.36 bits per heavy atom. The largest absolute Gasteiger partial charge is 0.490 e. The summed E-state index contributed by atoms with van der Waals surface area (Å²) in [6, 6.07) is 8.52. The Hall–Kier alpha value is -2.98. The maximum atomic E-state index is 13.1. The molecule has 0 bridgehead atoms. The van der Waals surface area contributed by atoms with E-state index >= 15 is 0 Å². The second-order valence-corrected chi connectivity index (χ2v) is 9.92. The SMILES string of the molecule is CC(C)C(NS(=O)(=O)c1ccc2c(c1)OCCCO2)C(=O)Nc1ccc2c(c1)OCCCO2. The third kappa shape index (κ3) is 5.51. The van der Waals surface area contributed by atoms with Crippen LogP contribution >= 0.6 is 0 Å². The molecule has 2 N–H and O–H groups in total. The maximum absolute atomic E-state index is 13.1. The van der Waals surface area contributed by atoms with Gasteiger partial charge in [-0.15, -0.1) is 0 Å². The van der Waals surface area contributed by atoms with E-state index in [9.17, 15) is 13.2 Å². The van der Waals surface area contributed by atoms with E-state index in [1.54, 1.807) is 38.1 Å². The lowest BCUT2D eigenvalue weighted by Gasteiger charge is -2.22. The van der Waals surface area contributed by atoms with Gasteiger partial charge in [-0.1, -0.05) is 13.8 Å². The van der Waals surface area contributed by atoms with Crippen LogP contribution in [0.15, 0.2) is 41.3 Å². The number of benzene rings is 2. The van der Waals surface area contributed by atoms with Crippen molar-refractivity contribution in [3.63, 3.8) is 0 Å². The fraction of sp³-hybridized carbons (Fsp3) is 0.435. The zero-order chi connectivity index (χ0) is 23.4. The van der Waals surface area contributed by atoms with Crippen molar-refractivity contribution in [3.05, 3.63) is 36.4 Å². The first-order valence-corrected chi connectivity index (χ1v) is 12.4. The summed E-state index contributed by atoms with van der Waals surface area (Å²) in [7, 11) is -4.00. The Morgan fingerprint density at radius 3 is 1.97 bits per heavy atom. The van der Waals surface area contributed by atoms with E-state index in [0.29, 0.717) is 61.5 Å². The average Bonchev–Trinajstić information content (AvgIpc) is 3.16. The zero-order valence-electron chi connectivity index (χ0n) is 18.6. The van der Waals surface area contributed by atoms with E-state index in [1.165, 1.54) is 12.1 Å². The van der Waals surface area contributed by atoms with Crippen LogP contribution in [-0.4, -0.2) is 46.8 Å². The monoisotopic (exact) mass is 476 g/mol. The smallest absolute Gasteiger partial charge is 0.242 e. The molecule has 9 nitrogen and oxygen atoms in total. The van der Waals surface area contributed by atoms with Gasteiger partial charge in [0, 0.05) is 30.7 Å². The summed E-state index contributed by atoms with van der Waals surface area (Å²) in [5.74, 6) is 1.24. The topological polar surface area (TPSA) is 112 Å². The molecule has 10 heteroatoms. The number of carbonyl (C=O) groups is 1. The van der Waals surface area contributed by atoms with Gasteiger partial charge in [0.2, 0.25) is 15.9 Å². The van der Waals surface area contributed by atoms with E-state index in [4.69, 9.17) is 18.9 Å². The van der Waals surface area contributed by atoms with Gasteiger partial charge in [0.25, 0.3) is 0 Å². The summed E-state index contributed by atoms with van der Waals surface area (Å²) >= 11 is 0. The molecule has 0 saturated heterocycles. The standard InChI is InChI=1S/C23H28N2O7S/c1-15(2)22(23(26)24-16-5-7-18-20(13-16)31-11-3-9-29-18)25-33(27,28)17-6-8-19-21(14-17)32-12-4-10-30-19/h5-8,13-15,22,25H,3-4,9-12H2,1-2H3,(H,24,26). The van der Waals surface area contributed by atoms with E-state index in [1.807, 2.05) is 0 Å². The first-order valence-electron chi connectivity index (χ1n) is 11.0. The Labute approximate surface area is 193 Å². The van der Waals surface area contributed by atoms with Crippen LogP contribution in [-0.2, 0) is 14.8 Å². The average molecular weight is 477 g/mol. The number of rotatable bonds is 6. The van der Waals surface area contributed by atoms with Crippen LogP contribution < -0.4 is 29.0 Å². The maximum Gasteiger partial charge on any atom is 0.242 e.